The van der Waals surface area contributed by atoms with Gasteiger partial charge in [-0.2, -0.15) is 0 Å². The zero-order chi connectivity index (χ0) is 18.1. The number of unbranched alkanes of at least 4 members (excludes halogenated alkanes) is 2. The van der Waals surface area contributed by atoms with Crippen LogP contribution in [-0.2, 0) is 9.53 Å². The highest BCUT2D eigenvalue weighted by Gasteiger charge is 2.31. The average molecular weight is 378 g/mol. The van der Waals surface area contributed by atoms with E-state index in [-0.39, 0.29) is 11.2 Å². The molecule has 0 unspecified atom stereocenters. The predicted molar refractivity (Wildman–Crippen MR) is 106 cm³/mol. The number of carbonyl (C=O) groups is 2. The molecule has 1 aromatic carbocycles. The minimum absolute atomic E-state index is 0.0801. The molecule has 1 fully saturated rings. The highest BCUT2D eigenvalue weighted by Crippen LogP contribution is 2.33. The Morgan fingerprint density at radius 1 is 1.24 bits per heavy atom. The van der Waals surface area contributed by atoms with Crippen LogP contribution in [0.15, 0.2) is 35.2 Å². The molecule has 0 aliphatic carbocycles. The first-order chi connectivity index (χ1) is 12.1. The molecule has 1 heterocycles. The summed E-state index contributed by atoms with van der Waals surface area (Å²) in [6.07, 6.45) is 5.85. The fourth-order valence-electron chi connectivity index (χ4n) is 2.39. The van der Waals surface area contributed by atoms with E-state index in [0.717, 1.165) is 41.5 Å². The van der Waals surface area contributed by atoms with Crippen LogP contribution >= 0.6 is 24.0 Å². The zero-order valence-electron chi connectivity index (χ0n) is 14.4. The van der Waals surface area contributed by atoms with Gasteiger partial charge in [0, 0.05) is 13.0 Å². The monoisotopic (exact) mass is 377 g/mol. The molecule has 0 N–H and O–H groups in total. The van der Waals surface area contributed by atoms with Crippen LogP contribution < -0.4 is 0 Å². The van der Waals surface area contributed by atoms with Gasteiger partial charge in [-0.1, -0.05) is 62.3 Å². The Morgan fingerprint density at radius 3 is 2.72 bits per heavy atom. The second-order valence-corrected chi connectivity index (χ2v) is 7.16. The van der Waals surface area contributed by atoms with Crippen molar-refractivity contribution in [3.63, 3.8) is 0 Å². The maximum atomic E-state index is 12.1. The predicted octanol–water partition coefficient (Wildman–Crippen LogP) is 5.04. The van der Waals surface area contributed by atoms with Gasteiger partial charge in [0.15, 0.2) is 0 Å². The van der Waals surface area contributed by atoms with Gasteiger partial charge < -0.3 is 4.74 Å². The van der Waals surface area contributed by atoms with E-state index >= 15 is 0 Å². The van der Waals surface area contributed by atoms with Gasteiger partial charge in [-0.3, -0.25) is 14.5 Å². The second-order valence-electron chi connectivity index (χ2n) is 5.78. The third kappa shape index (κ3) is 6.29. The summed E-state index contributed by atoms with van der Waals surface area (Å²) in [6.45, 7) is 3.03. The van der Waals surface area contributed by atoms with E-state index in [0.29, 0.717) is 31.0 Å². The minimum atomic E-state index is -0.207. The first-order valence-electron chi connectivity index (χ1n) is 8.58. The Morgan fingerprint density at radius 2 is 2.00 bits per heavy atom. The maximum absolute atomic E-state index is 12.1. The number of carbonyl (C=O) groups excluding carboxylic acids is 2. The van der Waals surface area contributed by atoms with Gasteiger partial charge in [-0.05, 0) is 36.2 Å². The molecule has 1 saturated heterocycles. The lowest BCUT2D eigenvalue weighted by molar-refractivity contribution is -0.143. The van der Waals surface area contributed by atoms with Gasteiger partial charge >= 0.3 is 5.97 Å². The molecular formula is C19H23NO3S2. The Balaban J connectivity index is 1.79. The molecule has 0 spiro atoms. The fourth-order valence-corrected chi connectivity index (χ4v) is 3.67. The van der Waals surface area contributed by atoms with E-state index < -0.39 is 0 Å². The lowest BCUT2D eigenvalue weighted by atomic mass is 10.2. The molecule has 0 atom stereocenters. The van der Waals surface area contributed by atoms with Gasteiger partial charge in [0.1, 0.15) is 4.99 Å². The average Bonchev–Trinajstić information content (AvgIpc) is 2.87. The van der Waals surface area contributed by atoms with Crippen LogP contribution in [0.3, 0.4) is 0 Å². The number of amides is 1. The van der Waals surface area contributed by atoms with E-state index in [2.05, 4.69) is 6.92 Å². The van der Waals surface area contributed by atoms with Crippen LogP contribution in [0.25, 0.3) is 6.08 Å². The Labute approximate surface area is 158 Å². The van der Waals surface area contributed by atoms with Gasteiger partial charge in [0.05, 0.1) is 11.5 Å². The lowest BCUT2D eigenvalue weighted by Gasteiger charge is -2.14. The Bertz CT molecular complexity index is 643. The first kappa shape index (κ1) is 19.7. The summed E-state index contributed by atoms with van der Waals surface area (Å²) < 4.78 is 5.17. The van der Waals surface area contributed by atoms with Crippen molar-refractivity contribution in [3.8, 4) is 0 Å². The molecule has 0 radical (unpaired) electrons. The Kier molecular flexibility index (Phi) is 8.15. The topological polar surface area (TPSA) is 46.6 Å². The van der Waals surface area contributed by atoms with E-state index in [4.69, 9.17) is 17.0 Å². The molecule has 4 nitrogen and oxygen atoms in total. The van der Waals surface area contributed by atoms with Gasteiger partial charge in [0.2, 0.25) is 0 Å². The quantitative estimate of drug-likeness (QED) is 0.261. The van der Waals surface area contributed by atoms with Crippen molar-refractivity contribution >= 4 is 46.3 Å². The number of hydrogen-bond acceptors (Lipinski definition) is 5. The van der Waals surface area contributed by atoms with Crippen molar-refractivity contribution in [2.45, 2.75) is 39.0 Å². The largest absolute Gasteiger partial charge is 0.466 e. The third-order valence-corrected chi connectivity index (χ3v) is 5.24. The van der Waals surface area contributed by atoms with E-state index in [1.165, 1.54) is 0 Å². The number of hydrogen-bond donors (Lipinski definition) is 0. The van der Waals surface area contributed by atoms with Gasteiger partial charge in [0.25, 0.3) is 5.24 Å². The summed E-state index contributed by atoms with van der Waals surface area (Å²) in [5.41, 5.74) is 1.01. The highest BCUT2D eigenvalue weighted by atomic mass is 32.2. The summed E-state index contributed by atoms with van der Waals surface area (Å²) in [7, 11) is 0. The second kappa shape index (κ2) is 10.4. The zero-order valence-corrected chi connectivity index (χ0v) is 16.0. The molecular weight excluding hydrogens is 354 g/mol. The van der Waals surface area contributed by atoms with Crippen molar-refractivity contribution in [1.82, 2.24) is 4.90 Å². The van der Waals surface area contributed by atoms with Crippen LogP contribution in [0.5, 0.6) is 0 Å². The molecule has 6 heteroatoms. The van der Waals surface area contributed by atoms with Crippen LogP contribution in [0, 0.1) is 0 Å². The number of benzene rings is 1. The van der Waals surface area contributed by atoms with Gasteiger partial charge in [-0.15, -0.1) is 0 Å². The first-order valence-corrected chi connectivity index (χ1v) is 9.80. The molecule has 1 aliphatic rings. The van der Waals surface area contributed by atoms with Crippen molar-refractivity contribution in [1.29, 1.82) is 0 Å². The summed E-state index contributed by atoms with van der Waals surface area (Å²) in [6, 6.07) is 9.78. The lowest BCUT2D eigenvalue weighted by Crippen LogP contribution is -2.28. The van der Waals surface area contributed by atoms with Crippen LogP contribution in [0.2, 0.25) is 0 Å². The molecule has 1 aliphatic heterocycles. The molecule has 0 bridgehead atoms. The maximum Gasteiger partial charge on any atom is 0.305 e. The van der Waals surface area contributed by atoms with Crippen LogP contribution in [0.4, 0.5) is 4.79 Å². The van der Waals surface area contributed by atoms with Crippen molar-refractivity contribution in [3.05, 3.63) is 40.8 Å². The highest BCUT2D eigenvalue weighted by molar-refractivity contribution is 8.19. The van der Waals surface area contributed by atoms with Crippen LogP contribution in [-0.4, -0.2) is 34.2 Å². The number of thioether (sulfide) groups is 1. The normalized spacial score (nSPS) is 15.9. The van der Waals surface area contributed by atoms with Crippen molar-refractivity contribution < 1.29 is 14.3 Å². The smallest absolute Gasteiger partial charge is 0.305 e. The summed E-state index contributed by atoms with van der Waals surface area (Å²) in [5, 5.41) is -0.0801. The molecule has 1 amide bonds. The molecule has 0 aromatic heterocycles. The van der Waals surface area contributed by atoms with E-state index in [9.17, 15) is 9.59 Å². The van der Waals surface area contributed by atoms with Crippen molar-refractivity contribution in [2.75, 3.05) is 13.2 Å². The molecule has 0 saturated carbocycles. The number of thiocarbonyl (C=S) groups is 1. The summed E-state index contributed by atoms with van der Waals surface area (Å²) >= 11 is 6.56. The number of rotatable bonds is 9. The Hall–Kier alpha value is -1.66. The molecule has 134 valence electrons. The van der Waals surface area contributed by atoms with E-state index in [1.54, 1.807) is 4.90 Å². The van der Waals surface area contributed by atoms with Crippen LogP contribution in [0.1, 0.15) is 44.6 Å². The third-order valence-electron chi connectivity index (χ3n) is 3.74. The molecule has 2 rings (SSSR count). The SMILES string of the molecule is CCCCCOC(=O)CCCN1C(=O)S/C(=C\c2ccccc2)C1=S. The van der Waals surface area contributed by atoms with Crippen molar-refractivity contribution in [2.24, 2.45) is 0 Å². The van der Waals surface area contributed by atoms with Gasteiger partial charge in [-0.25, -0.2) is 0 Å². The summed E-state index contributed by atoms with van der Waals surface area (Å²) in [4.78, 5) is 26.7. The molecule has 1 aromatic rings. The number of ether oxygens (including phenoxy) is 1. The number of esters is 1. The fraction of sp³-hybridized carbons (Fsp3) is 0.421. The number of nitrogens with zero attached hydrogens (tertiary/aromatic N) is 1. The van der Waals surface area contributed by atoms with E-state index in [1.807, 2.05) is 36.4 Å². The minimum Gasteiger partial charge on any atom is -0.466 e. The standard InChI is InChI=1S/C19H23NO3S2/c1-2-3-7-13-23-17(21)11-8-12-20-18(24)16(25-19(20)22)14-15-9-5-4-6-10-15/h4-6,9-10,14H,2-3,7-8,11-13H2,1H3/b16-14-. The molecule has 25 heavy (non-hydrogen) atoms. The summed E-state index contributed by atoms with van der Waals surface area (Å²) in [5.74, 6) is -0.207.